The molecule has 0 bridgehead atoms. The Morgan fingerprint density at radius 3 is 2.78 bits per heavy atom. The van der Waals surface area contributed by atoms with Gasteiger partial charge in [-0.3, -0.25) is 0 Å². The van der Waals surface area contributed by atoms with E-state index in [4.69, 9.17) is 23.2 Å². The van der Waals surface area contributed by atoms with Crippen molar-refractivity contribution in [3.63, 3.8) is 0 Å². The Kier molecular flexibility index (Phi) is 5.35. The van der Waals surface area contributed by atoms with Crippen LogP contribution in [-0.2, 0) is 0 Å². The van der Waals surface area contributed by atoms with E-state index in [9.17, 15) is 0 Å². The van der Waals surface area contributed by atoms with E-state index in [1.165, 1.54) is 31.2 Å². The highest BCUT2D eigenvalue weighted by Crippen LogP contribution is 2.41. The van der Waals surface area contributed by atoms with Gasteiger partial charge in [0, 0.05) is 0 Å². The third-order valence-electron chi connectivity index (χ3n) is 3.95. The maximum absolute atomic E-state index is 6.37. The summed E-state index contributed by atoms with van der Waals surface area (Å²) in [5.41, 5.74) is 1.24. The average Bonchev–Trinajstić information content (AvgIpc) is 2.40. The van der Waals surface area contributed by atoms with Gasteiger partial charge in [0.1, 0.15) is 0 Å². The number of hydrogen-bond donors (Lipinski definition) is 1. The molecule has 0 heterocycles. The molecule has 1 saturated carbocycles. The molecule has 1 fully saturated rings. The summed E-state index contributed by atoms with van der Waals surface area (Å²) in [6.07, 6.45) is 5.16. The number of nitrogens with one attached hydrogen (secondary N) is 1. The topological polar surface area (TPSA) is 12.0 Å². The van der Waals surface area contributed by atoms with Crippen molar-refractivity contribution in [2.75, 3.05) is 13.1 Å². The molecule has 0 radical (unpaired) electrons. The van der Waals surface area contributed by atoms with Gasteiger partial charge in [-0.1, -0.05) is 55.1 Å². The van der Waals surface area contributed by atoms with Crippen molar-refractivity contribution >= 4 is 23.2 Å². The fourth-order valence-corrected chi connectivity index (χ4v) is 3.45. The highest BCUT2D eigenvalue weighted by Gasteiger charge is 2.27. The standard InChI is InChI=1S/C15H21Cl2N/c1-2-18-10-11-6-3-4-7-12(11)13-8-5-9-14(16)15(13)17/h5,8-9,11-12,18H,2-4,6-7,10H2,1H3. The summed E-state index contributed by atoms with van der Waals surface area (Å²) in [5, 5.41) is 4.92. The Morgan fingerprint density at radius 1 is 1.22 bits per heavy atom. The van der Waals surface area contributed by atoms with Crippen molar-refractivity contribution in [1.29, 1.82) is 0 Å². The van der Waals surface area contributed by atoms with E-state index >= 15 is 0 Å². The second kappa shape index (κ2) is 6.79. The lowest BCUT2D eigenvalue weighted by molar-refractivity contribution is 0.297. The molecule has 0 saturated heterocycles. The Bertz CT molecular complexity index is 392. The van der Waals surface area contributed by atoms with E-state index in [2.05, 4.69) is 18.3 Å². The zero-order valence-corrected chi connectivity index (χ0v) is 12.4. The lowest BCUT2D eigenvalue weighted by Gasteiger charge is -2.32. The number of hydrogen-bond acceptors (Lipinski definition) is 1. The molecule has 2 atom stereocenters. The van der Waals surface area contributed by atoms with Crippen LogP contribution in [0.1, 0.15) is 44.1 Å². The minimum absolute atomic E-state index is 0.559. The van der Waals surface area contributed by atoms with E-state index in [0.717, 1.165) is 18.1 Å². The van der Waals surface area contributed by atoms with Gasteiger partial charge in [0.05, 0.1) is 10.0 Å². The van der Waals surface area contributed by atoms with Crippen LogP contribution in [0.15, 0.2) is 18.2 Å². The molecule has 1 N–H and O–H groups in total. The van der Waals surface area contributed by atoms with Crippen molar-refractivity contribution in [1.82, 2.24) is 5.32 Å². The van der Waals surface area contributed by atoms with Crippen molar-refractivity contribution in [3.05, 3.63) is 33.8 Å². The SMILES string of the molecule is CCNCC1CCCCC1c1cccc(Cl)c1Cl. The zero-order chi connectivity index (χ0) is 13.0. The Morgan fingerprint density at radius 2 is 2.00 bits per heavy atom. The summed E-state index contributed by atoms with van der Waals surface area (Å²) >= 11 is 12.5. The van der Waals surface area contributed by atoms with Crippen molar-refractivity contribution in [3.8, 4) is 0 Å². The summed E-state index contributed by atoms with van der Waals surface area (Å²) < 4.78 is 0. The van der Waals surface area contributed by atoms with Crippen LogP contribution in [0, 0.1) is 5.92 Å². The molecule has 2 rings (SSSR count). The fourth-order valence-electron chi connectivity index (χ4n) is 3.00. The first kappa shape index (κ1) is 14.2. The molecule has 0 aromatic heterocycles. The molecule has 0 amide bonds. The van der Waals surface area contributed by atoms with E-state index in [1.807, 2.05) is 12.1 Å². The molecule has 18 heavy (non-hydrogen) atoms. The zero-order valence-electron chi connectivity index (χ0n) is 10.9. The molecule has 0 aliphatic heterocycles. The second-order valence-corrected chi connectivity index (χ2v) is 5.89. The van der Waals surface area contributed by atoms with Gasteiger partial charge in [-0.25, -0.2) is 0 Å². The summed E-state index contributed by atoms with van der Waals surface area (Å²) in [6, 6.07) is 6.03. The number of halogens is 2. The monoisotopic (exact) mass is 285 g/mol. The van der Waals surface area contributed by atoms with Crippen LogP contribution in [0.25, 0.3) is 0 Å². The summed E-state index contributed by atoms with van der Waals surface area (Å²) in [7, 11) is 0. The molecular weight excluding hydrogens is 265 g/mol. The van der Waals surface area contributed by atoms with Crippen LogP contribution in [-0.4, -0.2) is 13.1 Å². The molecular formula is C15H21Cl2N. The van der Waals surface area contributed by atoms with Crippen LogP contribution in [0.2, 0.25) is 10.0 Å². The molecule has 100 valence electrons. The van der Waals surface area contributed by atoms with E-state index in [0.29, 0.717) is 16.9 Å². The fraction of sp³-hybridized carbons (Fsp3) is 0.600. The van der Waals surface area contributed by atoms with Crippen molar-refractivity contribution in [2.45, 2.75) is 38.5 Å². The van der Waals surface area contributed by atoms with Gasteiger partial charge in [-0.2, -0.15) is 0 Å². The molecule has 2 unspecified atom stereocenters. The quantitative estimate of drug-likeness (QED) is 0.832. The molecule has 1 aromatic rings. The lowest BCUT2D eigenvalue weighted by Crippen LogP contribution is -2.29. The predicted octanol–water partition coefficient (Wildman–Crippen LogP) is 4.88. The molecule has 1 aliphatic rings. The van der Waals surface area contributed by atoms with Gasteiger partial charge in [-0.15, -0.1) is 0 Å². The first-order chi connectivity index (χ1) is 8.74. The van der Waals surface area contributed by atoms with Gasteiger partial charge >= 0.3 is 0 Å². The third-order valence-corrected chi connectivity index (χ3v) is 4.78. The normalized spacial score (nSPS) is 24.2. The van der Waals surface area contributed by atoms with E-state index < -0.39 is 0 Å². The lowest BCUT2D eigenvalue weighted by atomic mass is 9.75. The molecule has 3 heteroatoms. The Balaban J connectivity index is 2.19. The van der Waals surface area contributed by atoms with Crippen LogP contribution < -0.4 is 5.32 Å². The minimum Gasteiger partial charge on any atom is -0.317 e. The van der Waals surface area contributed by atoms with Crippen molar-refractivity contribution < 1.29 is 0 Å². The van der Waals surface area contributed by atoms with Gasteiger partial charge in [0.15, 0.2) is 0 Å². The van der Waals surface area contributed by atoms with E-state index in [1.54, 1.807) is 0 Å². The van der Waals surface area contributed by atoms with Gasteiger partial charge in [-0.05, 0) is 49.4 Å². The first-order valence-electron chi connectivity index (χ1n) is 6.88. The predicted molar refractivity (Wildman–Crippen MR) is 79.7 cm³/mol. The van der Waals surface area contributed by atoms with Crippen LogP contribution >= 0.6 is 23.2 Å². The van der Waals surface area contributed by atoms with Gasteiger partial charge in [0.2, 0.25) is 0 Å². The number of rotatable bonds is 4. The minimum atomic E-state index is 0.559. The van der Waals surface area contributed by atoms with Gasteiger partial charge in [0.25, 0.3) is 0 Å². The number of benzene rings is 1. The molecule has 0 spiro atoms. The van der Waals surface area contributed by atoms with Crippen LogP contribution in [0.4, 0.5) is 0 Å². The molecule has 1 aliphatic carbocycles. The van der Waals surface area contributed by atoms with Gasteiger partial charge < -0.3 is 5.32 Å². The van der Waals surface area contributed by atoms with E-state index in [-0.39, 0.29) is 0 Å². The third kappa shape index (κ3) is 3.20. The highest BCUT2D eigenvalue weighted by atomic mass is 35.5. The van der Waals surface area contributed by atoms with Crippen LogP contribution in [0.3, 0.4) is 0 Å². The van der Waals surface area contributed by atoms with Crippen LogP contribution in [0.5, 0.6) is 0 Å². The largest absolute Gasteiger partial charge is 0.317 e. The summed E-state index contributed by atoms with van der Waals surface area (Å²) in [5.74, 6) is 1.25. The maximum atomic E-state index is 6.37. The smallest absolute Gasteiger partial charge is 0.0627 e. The average molecular weight is 286 g/mol. The summed E-state index contributed by atoms with van der Waals surface area (Å²) in [4.78, 5) is 0. The Labute approximate surface area is 120 Å². The Hall–Kier alpha value is -0.240. The molecule has 1 aromatic carbocycles. The first-order valence-corrected chi connectivity index (χ1v) is 7.64. The summed E-state index contributed by atoms with van der Waals surface area (Å²) in [6.45, 7) is 4.28. The maximum Gasteiger partial charge on any atom is 0.0627 e. The highest BCUT2D eigenvalue weighted by molar-refractivity contribution is 6.42. The second-order valence-electron chi connectivity index (χ2n) is 5.10. The van der Waals surface area contributed by atoms with Crippen molar-refractivity contribution in [2.24, 2.45) is 5.92 Å². The molecule has 1 nitrogen and oxygen atoms in total.